The highest BCUT2D eigenvalue weighted by molar-refractivity contribution is 6.60. The first-order valence-corrected chi connectivity index (χ1v) is 6.50. The minimum Gasteiger partial charge on any atom is -0.416 e. The van der Waals surface area contributed by atoms with E-state index < -0.39 is 9.04 Å². The SMILES string of the molecule is C=C(CCC)[SiH]1CCCCO1. The van der Waals surface area contributed by atoms with Crippen molar-refractivity contribution in [3.8, 4) is 0 Å². The highest BCUT2D eigenvalue weighted by Crippen LogP contribution is 2.18. The molecule has 0 radical (unpaired) electrons. The topological polar surface area (TPSA) is 9.23 Å². The fourth-order valence-corrected chi connectivity index (χ4v) is 4.08. The van der Waals surface area contributed by atoms with Gasteiger partial charge in [0.05, 0.1) is 0 Å². The number of hydrogen-bond donors (Lipinski definition) is 0. The Balaban J connectivity index is 2.27. The second-order valence-electron chi connectivity index (χ2n) is 3.26. The van der Waals surface area contributed by atoms with Crippen molar-refractivity contribution < 1.29 is 4.43 Å². The molecule has 1 saturated heterocycles. The van der Waals surface area contributed by atoms with Crippen LogP contribution in [-0.2, 0) is 4.43 Å². The van der Waals surface area contributed by atoms with Crippen molar-refractivity contribution in [1.82, 2.24) is 0 Å². The lowest BCUT2D eigenvalue weighted by atomic mass is 10.3. The molecule has 0 saturated carbocycles. The number of allylic oxidation sites excluding steroid dienone is 1. The summed E-state index contributed by atoms with van der Waals surface area (Å²) in [6.45, 7) is 7.32. The van der Waals surface area contributed by atoms with Crippen molar-refractivity contribution in [2.24, 2.45) is 0 Å². The molecule has 0 aromatic heterocycles. The fourth-order valence-electron chi connectivity index (χ4n) is 1.54. The van der Waals surface area contributed by atoms with E-state index in [-0.39, 0.29) is 0 Å². The summed E-state index contributed by atoms with van der Waals surface area (Å²) in [5, 5.41) is 1.44. The van der Waals surface area contributed by atoms with Crippen molar-refractivity contribution in [1.29, 1.82) is 0 Å². The van der Waals surface area contributed by atoms with Crippen molar-refractivity contribution in [2.75, 3.05) is 6.61 Å². The van der Waals surface area contributed by atoms with Crippen LogP contribution in [0, 0.1) is 0 Å². The molecule has 1 unspecified atom stereocenters. The molecule has 64 valence electrons. The van der Waals surface area contributed by atoms with Gasteiger partial charge in [0.1, 0.15) is 0 Å². The van der Waals surface area contributed by atoms with Gasteiger partial charge in [-0.2, -0.15) is 0 Å². The number of rotatable bonds is 3. The Hall–Kier alpha value is -0.0831. The van der Waals surface area contributed by atoms with E-state index in [0.717, 1.165) is 6.61 Å². The van der Waals surface area contributed by atoms with E-state index >= 15 is 0 Å². The van der Waals surface area contributed by atoms with E-state index in [4.69, 9.17) is 4.43 Å². The molecular formula is C9H18OSi. The van der Waals surface area contributed by atoms with Crippen LogP contribution in [0.25, 0.3) is 0 Å². The summed E-state index contributed by atoms with van der Waals surface area (Å²) in [6, 6.07) is 1.33. The summed E-state index contributed by atoms with van der Waals surface area (Å²) >= 11 is 0. The quantitative estimate of drug-likeness (QED) is 0.591. The summed E-state index contributed by atoms with van der Waals surface area (Å²) in [6.07, 6.45) is 5.06. The third kappa shape index (κ3) is 2.79. The smallest absolute Gasteiger partial charge is 0.203 e. The van der Waals surface area contributed by atoms with Gasteiger partial charge >= 0.3 is 0 Å². The van der Waals surface area contributed by atoms with E-state index in [1.807, 2.05) is 0 Å². The molecule has 1 fully saturated rings. The summed E-state index contributed by atoms with van der Waals surface area (Å²) in [7, 11) is -0.932. The zero-order valence-corrected chi connectivity index (χ0v) is 8.59. The maximum Gasteiger partial charge on any atom is 0.203 e. The Morgan fingerprint density at radius 2 is 2.36 bits per heavy atom. The van der Waals surface area contributed by atoms with Gasteiger partial charge in [-0.25, -0.2) is 0 Å². The van der Waals surface area contributed by atoms with Crippen LogP contribution in [0.3, 0.4) is 0 Å². The summed E-state index contributed by atoms with van der Waals surface area (Å²) in [4.78, 5) is 0. The minimum atomic E-state index is -0.932. The molecule has 1 heterocycles. The van der Waals surface area contributed by atoms with Gasteiger partial charge < -0.3 is 4.43 Å². The first-order valence-electron chi connectivity index (χ1n) is 4.64. The highest BCUT2D eigenvalue weighted by Gasteiger charge is 2.18. The van der Waals surface area contributed by atoms with Crippen molar-refractivity contribution in [3.05, 3.63) is 11.8 Å². The Morgan fingerprint density at radius 3 is 2.91 bits per heavy atom. The third-order valence-electron chi connectivity index (χ3n) is 2.21. The molecule has 1 nitrogen and oxygen atoms in total. The molecule has 1 aliphatic rings. The van der Waals surface area contributed by atoms with Crippen LogP contribution < -0.4 is 0 Å². The second-order valence-corrected chi connectivity index (χ2v) is 5.97. The molecule has 1 aliphatic heterocycles. The molecule has 0 aromatic rings. The average molecular weight is 170 g/mol. The van der Waals surface area contributed by atoms with E-state index in [9.17, 15) is 0 Å². The monoisotopic (exact) mass is 170 g/mol. The Bertz CT molecular complexity index is 128. The lowest BCUT2D eigenvalue weighted by Gasteiger charge is -2.22. The van der Waals surface area contributed by atoms with Gasteiger partial charge in [0.25, 0.3) is 0 Å². The summed E-state index contributed by atoms with van der Waals surface area (Å²) in [5.74, 6) is 0. The minimum absolute atomic E-state index is 0.932. The standard InChI is InChI=1S/C9H18OSi/c1-3-6-9(2)11-8-5-4-7-10-11/h11H,2-8H2,1H3. The fraction of sp³-hybridized carbons (Fsp3) is 0.778. The maximum absolute atomic E-state index is 5.73. The van der Waals surface area contributed by atoms with Gasteiger partial charge in [0.2, 0.25) is 9.04 Å². The normalized spacial score (nSPS) is 25.0. The van der Waals surface area contributed by atoms with Crippen molar-refractivity contribution in [2.45, 2.75) is 38.7 Å². The van der Waals surface area contributed by atoms with Gasteiger partial charge in [-0.3, -0.25) is 0 Å². The van der Waals surface area contributed by atoms with Crippen LogP contribution in [0.5, 0.6) is 0 Å². The van der Waals surface area contributed by atoms with Gasteiger partial charge in [-0.1, -0.05) is 25.0 Å². The maximum atomic E-state index is 5.73. The molecule has 11 heavy (non-hydrogen) atoms. The summed E-state index contributed by atoms with van der Waals surface area (Å²) < 4.78 is 5.73. The molecule has 0 bridgehead atoms. The molecule has 0 aromatic carbocycles. The predicted molar refractivity (Wildman–Crippen MR) is 51.2 cm³/mol. The van der Waals surface area contributed by atoms with Crippen LogP contribution in [0.4, 0.5) is 0 Å². The van der Waals surface area contributed by atoms with Crippen LogP contribution >= 0.6 is 0 Å². The van der Waals surface area contributed by atoms with Crippen molar-refractivity contribution in [3.63, 3.8) is 0 Å². The predicted octanol–water partition coefficient (Wildman–Crippen LogP) is 2.42. The lowest BCUT2D eigenvalue weighted by Crippen LogP contribution is -2.25. The first kappa shape index (κ1) is 9.01. The first-order chi connectivity index (χ1) is 5.34. The Labute approximate surface area is 71.2 Å². The zero-order valence-electron chi connectivity index (χ0n) is 7.44. The van der Waals surface area contributed by atoms with Crippen LogP contribution in [0.15, 0.2) is 11.8 Å². The summed E-state index contributed by atoms with van der Waals surface area (Å²) in [5.41, 5.74) is 0. The molecular weight excluding hydrogens is 152 g/mol. The molecule has 2 heteroatoms. The lowest BCUT2D eigenvalue weighted by molar-refractivity contribution is 0.291. The molecule has 0 N–H and O–H groups in total. The Kier molecular flexibility index (Phi) is 3.87. The van der Waals surface area contributed by atoms with Crippen LogP contribution in [0.2, 0.25) is 6.04 Å². The second kappa shape index (κ2) is 4.73. The molecule has 1 atom stereocenters. The van der Waals surface area contributed by atoms with E-state index in [0.29, 0.717) is 0 Å². The molecule has 1 rings (SSSR count). The molecule has 0 amide bonds. The van der Waals surface area contributed by atoms with Crippen LogP contribution in [0.1, 0.15) is 32.6 Å². The molecule has 0 aliphatic carbocycles. The highest BCUT2D eigenvalue weighted by atomic mass is 28.3. The van der Waals surface area contributed by atoms with Gasteiger partial charge in [-0.05, 0) is 18.9 Å². The third-order valence-corrected chi connectivity index (χ3v) is 4.98. The average Bonchev–Trinajstić information content (AvgIpc) is 2.07. The van der Waals surface area contributed by atoms with E-state index in [2.05, 4.69) is 13.5 Å². The van der Waals surface area contributed by atoms with Gasteiger partial charge in [-0.15, -0.1) is 6.58 Å². The van der Waals surface area contributed by atoms with Gasteiger partial charge in [0.15, 0.2) is 0 Å². The van der Waals surface area contributed by atoms with Crippen molar-refractivity contribution >= 4 is 9.04 Å². The molecule has 0 spiro atoms. The Morgan fingerprint density at radius 1 is 1.55 bits per heavy atom. The number of hydrogen-bond acceptors (Lipinski definition) is 1. The van der Waals surface area contributed by atoms with Gasteiger partial charge in [0, 0.05) is 6.61 Å². The van der Waals surface area contributed by atoms with Crippen LogP contribution in [-0.4, -0.2) is 15.6 Å². The largest absolute Gasteiger partial charge is 0.416 e. The zero-order chi connectivity index (χ0) is 8.10. The van der Waals surface area contributed by atoms with E-state index in [1.165, 1.54) is 36.9 Å². The van der Waals surface area contributed by atoms with E-state index in [1.54, 1.807) is 0 Å².